The second kappa shape index (κ2) is 13.3. The molecule has 298 valence electrons. The Morgan fingerprint density at radius 2 is 0.938 bits per heavy atom. The highest BCUT2D eigenvalue weighted by Crippen LogP contribution is 2.61. The first-order valence-corrected chi connectivity index (χ1v) is 22.1. The lowest BCUT2D eigenvalue weighted by Gasteiger charge is -2.45. The van der Waals surface area contributed by atoms with Crippen molar-refractivity contribution in [1.29, 1.82) is 0 Å². The van der Waals surface area contributed by atoms with Crippen molar-refractivity contribution in [1.82, 2.24) is 4.57 Å². The van der Waals surface area contributed by atoms with Gasteiger partial charge in [-0.05, 0) is 86.3 Å². The van der Waals surface area contributed by atoms with E-state index in [2.05, 4.69) is 240 Å². The Hall–Kier alpha value is -8.40. The fourth-order valence-electron chi connectivity index (χ4n) is 11.4. The summed E-state index contributed by atoms with van der Waals surface area (Å²) in [7, 11) is 0. The highest BCUT2D eigenvalue weighted by Gasteiger charge is 2.49. The quantitative estimate of drug-likeness (QED) is 0.176. The highest BCUT2D eigenvalue weighted by molar-refractivity contribution is 6.12. The Labute approximate surface area is 370 Å². The van der Waals surface area contributed by atoms with E-state index in [1.807, 2.05) is 0 Å². The second-order valence-electron chi connectivity index (χ2n) is 17.2. The SMILES string of the molecule is c1ccc2c(c1)Oc1cc(N(c3ccc4c5ccccc5n(-c5cccc6ccccc56)c4c3)c3cccc4ccccc34)ccc1C21c2ccccc2-c2cccc3cccc1c23. The number of para-hydroxylation sites is 2. The summed E-state index contributed by atoms with van der Waals surface area (Å²) in [6.07, 6.45) is 0. The number of aromatic nitrogens is 1. The van der Waals surface area contributed by atoms with Crippen LogP contribution in [0.3, 0.4) is 0 Å². The zero-order valence-electron chi connectivity index (χ0n) is 34.7. The molecule has 0 saturated carbocycles. The van der Waals surface area contributed by atoms with Gasteiger partial charge in [0.25, 0.3) is 0 Å². The van der Waals surface area contributed by atoms with E-state index in [1.165, 1.54) is 70.9 Å². The highest BCUT2D eigenvalue weighted by atomic mass is 16.5. The minimum Gasteiger partial charge on any atom is -0.457 e. The van der Waals surface area contributed by atoms with Crippen LogP contribution in [0.1, 0.15) is 22.3 Å². The van der Waals surface area contributed by atoms with Crippen molar-refractivity contribution >= 4 is 71.2 Å². The van der Waals surface area contributed by atoms with Gasteiger partial charge >= 0.3 is 0 Å². The van der Waals surface area contributed by atoms with E-state index in [4.69, 9.17) is 4.74 Å². The van der Waals surface area contributed by atoms with Crippen LogP contribution in [0.4, 0.5) is 17.1 Å². The molecule has 1 aromatic heterocycles. The lowest BCUT2D eigenvalue weighted by Crippen LogP contribution is -2.36. The summed E-state index contributed by atoms with van der Waals surface area (Å²) in [5.74, 6) is 1.72. The first-order valence-electron chi connectivity index (χ1n) is 22.1. The summed E-state index contributed by atoms with van der Waals surface area (Å²) >= 11 is 0. The van der Waals surface area contributed by atoms with Crippen LogP contribution in [0.15, 0.2) is 231 Å². The van der Waals surface area contributed by atoms with Gasteiger partial charge in [-0.15, -0.1) is 0 Å². The van der Waals surface area contributed by atoms with Crippen LogP contribution in [0.25, 0.3) is 70.9 Å². The summed E-state index contributed by atoms with van der Waals surface area (Å²) < 4.78 is 9.60. The van der Waals surface area contributed by atoms with Crippen LogP contribution in [0.5, 0.6) is 11.5 Å². The van der Waals surface area contributed by atoms with E-state index in [9.17, 15) is 0 Å². The molecule has 0 N–H and O–H groups in total. The number of hydrogen-bond donors (Lipinski definition) is 0. The first kappa shape index (κ1) is 35.2. The van der Waals surface area contributed by atoms with E-state index in [1.54, 1.807) is 0 Å². The molecule has 1 unspecified atom stereocenters. The van der Waals surface area contributed by atoms with E-state index in [0.717, 1.165) is 50.9 Å². The molecule has 0 saturated heterocycles. The molecule has 2 heterocycles. The fourth-order valence-corrected chi connectivity index (χ4v) is 11.4. The number of nitrogens with zero attached hydrogens (tertiary/aromatic N) is 2. The topological polar surface area (TPSA) is 17.4 Å². The average Bonchev–Trinajstić information content (AvgIpc) is 3.68. The van der Waals surface area contributed by atoms with Crippen LogP contribution in [-0.4, -0.2) is 4.57 Å². The van der Waals surface area contributed by atoms with Crippen molar-refractivity contribution < 1.29 is 4.74 Å². The molecule has 3 heteroatoms. The molecule has 0 radical (unpaired) electrons. The first-order chi connectivity index (χ1) is 31.8. The normalized spacial score (nSPS) is 14.8. The van der Waals surface area contributed by atoms with Gasteiger partial charge < -0.3 is 14.2 Å². The largest absolute Gasteiger partial charge is 0.457 e. The molecule has 12 aromatic rings. The third-order valence-corrected chi connectivity index (χ3v) is 14.0. The Morgan fingerprint density at radius 3 is 1.83 bits per heavy atom. The Kier molecular flexibility index (Phi) is 7.32. The molecule has 1 spiro atoms. The average molecular weight is 815 g/mol. The molecule has 0 fully saturated rings. The van der Waals surface area contributed by atoms with E-state index in [0.29, 0.717) is 0 Å². The molecular formula is C61H38N2O. The van der Waals surface area contributed by atoms with Crippen LogP contribution in [-0.2, 0) is 5.41 Å². The van der Waals surface area contributed by atoms with Crippen molar-refractivity contribution in [3.8, 4) is 28.3 Å². The molecule has 64 heavy (non-hydrogen) atoms. The van der Waals surface area contributed by atoms with Gasteiger partial charge in [0.05, 0.1) is 27.8 Å². The lowest BCUT2D eigenvalue weighted by molar-refractivity contribution is 0.435. The molecule has 1 aliphatic heterocycles. The summed E-state index contributed by atoms with van der Waals surface area (Å²) in [5, 5.41) is 9.76. The summed E-state index contributed by atoms with van der Waals surface area (Å²) in [6, 6.07) is 84.5. The molecule has 11 aromatic carbocycles. The molecule has 14 rings (SSSR count). The maximum Gasteiger partial charge on any atom is 0.134 e. The van der Waals surface area contributed by atoms with Crippen molar-refractivity contribution in [2.45, 2.75) is 5.41 Å². The smallest absolute Gasteiger partial charge is 0.134 e. The maximum absolute atomic E-state index is 7.15. The van der Waals surface area contributed by atoms with E-state index < -0.39 is 5.41 Å². The maximum atomic E-state index is 7.15. The van der Waals surface area contributed by atoms with Crippen molar-refractivity contribution in [2.24, 2.45) is 0 Å². The molecular weight excluding hydrogens is 777 g/mol. The van der Waals surface area contributed by atoms with E-state index in [-0.39, 0.29) is 0 Å². The Morgan fingerprint density at radius 1 is 0.359 bits per heavy atom. The van der Waals surface area contributed by atoms with Gasteiger partial charge in [0.15, 0.2) is 0 Å². The van der Waals surface area contributed by atoms with Crippen LogP contribution in [0.2, 0.25) is 0 Å². The summed E-state index contributed by atoms with van der Waals surface area (Å²) in [6.45, 7) is 0. The third kappa shape index (κ3) is 4.76. The van der Waals surface area contributed by atoms with Gasteiger partial charge in [-0.2, -0.15) is 0 Å². The zero-order chi connectivity index (χ0) is 41.9. The molecule has 0 amide bonds. The van der Waals surface area contributed by atoms with Gasteiger partial charge in [0, 0.05) is 50.1 Å². The fraction of sp³-hybridized carbons (Fsp3) is 0.0164. The molecule has 1 aliphatic carbocycles. The summed E-state index contributed by atoms with van der Waals surface area (Å²) in [4.78, 5) is 2.43. The van der Waals surface area contributed by atoms with Crippen LogP contribution < -0.4 is 9.64 Å². The van der Waals surface area contributed by atoms with Crippen LogP contribution >= 0.6 is 0 Å². The number of fused-ring (bicyclic) bond motifs is 13. The Bertz CT molecular complexity index is 3900. The number of hydrogen-bond acceptors (Lipinski definition) is 2. The van der Waals surface area contributed by atoms with Gasteiger partial charge in [-0.1, -0.05) is 182 Å². The lowest BCUT2D eigenvalue weighted by atomic mass is 9.58. The van der Waals surface area contributed by atoms with Crippen molar-refractivity contribution in [3.05, 3.63) is 253 Å². The standard InChI is InChI=1S/C61H38N2O/c1-3-21-44-39(15-1)17-13-30-54(44)62(42-33-35-48-47-24-6-9-29-56(47)63(57(48)37-42)55-31-14-18-40-16-2-4-22-45(40)55)43-34-36-52-59(38-43)64-58-32-10-8-27-51(58)61(52)50-26-7-5-23-46(50)49-25-11-19-41-20-12-28-53(61)60(41)49/h1-38H. The Balaban J connectivity index is 1.05. The molecule has 2 aliphatic rings. The zero-order valence-corrected chi connectivity index (χ0v) is 34.7. The van der Waals surface area contributed by atoms with E-state index >= 15 is 0 Å². The molecule has 3 nitrogen and oxygen atoms in total. The van der Waals surface area contributed by atoms with Crippen LogP contribution in [0, 0.1) is 0 Å². The van der Waals surface area contributed by atoms with Gasteiger partial charge in [0.1, 0.15) is 11.5 Å². The van der Waals surface area contributed by atoms with Gasteiger partial charge in [0.2, 0.25) is 0 Å². The monoisotopic (exact) mass is 814 g/mol. The third-order valence-electron chi connectivity index (χ3n) is 14.0. The molecule has 0 bridgehead atoms. The number of ether oxygens (including phenoxy) is 1. The summed E-state index contributed by atoms with van der Waals surface area (Å²) in [5.41, 5.74) is 13.4. The minimum atomic E-state index is -0.615. The predicted molar refractivity (Wildman–Crippen MR) is 265 cm³/mol. The predicted octanol–water partition coefficient (Wildman–Crippen LogP) is 16.2. The van der Waals surface area contributed by atoms with Crippen molar-refractivity contribution in [3.63, 3.8) is 0 Å². The minimum absolute atomic E-state index is 0.615. The number of anilines is 3. The van der Waals surface area contributed by atoms with Crippen molar-refractivity contribution in [2.75, 3.05) is 4.90 Å². The second-order valence-corrected chi connectivity index (χ2v) is 17.2. The van der Waals surface area contributed by atoms with Gasteiger partial charge in [-0.25, -0.2) is 0 Å². The molecule has 1 atom stereocenters. The number of benzene rings is 11. The number of rotatable bonds is 4. The van der Waals surface area contributed by atoms with Gasteiger partial charge in [-0.3, -0.25) is 0 Å².